The molecular formula is C16H24N4O3. The van der Waals surface area contributed by atoms with Crippen molar-refractivity contribution in [3.8, 4) is 0 Å². The summed E-state index contributed by atoms with van der Waals surface area (Å²) < 4.78 is 10.6. The molecule has 7 nitrogen and oxygen atoms in total. The average Bonchev–Trinajstić information content (AvgIpc) is 3.26. The minimum absolute atomic E-state index is 0.125. The number of hydrogen-bond donors (Lipinski definition) is 1. The summed E-state index contributed by atoms with van der Waals surface area (Å²) in [5.41, 5.74) is 0. The van der Waals surface area contributed by atoms with Gasteiger partial charge in [-0.1, -0.05) is 12.1 Å². The number of aliphatic hydroxyl groups is 1. The smallest absolute Gasteiger partial charge is 0.243 e. The van der Waals surface area contributed by atoms with Crippen molar-refractivity contribution in [3.63, 3.8) is 0 Å². The maximum Gasteiger partial charge on any atom is 0.243 e. The summed E-state index contributed by atoms with van der Waals surface area (Å²) in [7, 11) is 0. The van der Waals surface area contributed by atoms with E-state index in [0.717, 1.165) is 38.4 Å². The van der Waals surface area contributed by atoms with Gasteiger partial charge in [-0.2, -0.15) is 4.98 Å². The molecule has 0 saturated carbocycles. The van der Waals surface area contributed by atoms with Gasteiger partial charge < -0.3 is 14.0 Å². The van der Waals surface area contributed by atoms with Crippen LogP contribution in [-0.2, 0) is 6.42 Å². The molecule has 0 amide bonds. The van der Waals surface area contributed by atoms with Crippen molar-refractivity contribution < 1.29 is 14.0 Å². The van der Waals surface area contributed by atoms with E-state index in [1.165, 1.54) is 0 Å². The molecule has 2 aromatic rings. The molecule has 23 heavy (non-hydrogen) atoms. The number of aryl methyl sites for hydroxylation is 1. The van der Waals surface area contributed by atoms with E-state index in [-0.39, 0.29) is 6.04 Å². The maximum absolute atomic E-state index is 10.2. The molecule has 3 heterocycles. The molecule has 2 atom stereocenters. The molecule has 0 radical (unpaired) electrons. The lowest BCUT2D eigenvalue weighted by Gasteiger charge is -2.37. The van der Waals surface area contributed by atoms with Crippen LogP contribution in [0.15, 0.2) is 27.3 Å². The summed E-state index contributed by atoms with van der Waals surface area (Å²) >= 11 is 0. The summed E-state index contributed by atoms with van der Waals surface area (Å²) in [4.78, 5) is 9.01. The molecule has 1 N–H and O–H groups in total. The van der Waals surface area contributed by atoms with Gasteiger partial charge in [0.25, 0.3) is 0 Å². The largest absolute Gasteiger partial charge is 0.467 e. The van der Waals surface area contributed by atoms with E-state index in [2.05, 4.69) is 26.9 Å². The second-order valence-electron chi connectivity index (χ2n) is 5.95. The number of aliphatic hydroxyl groups excluding tert-OH is 1. The van der Waals surface area contributed by atoms with Crippen LogP contribution in [0.3, 0.4) is 0 Å². The fraction of sp³-hybridized carbons (Fsp3) is 0.625. The van der Waals surface area contributed by atoms with E-state index >= 15 is 0 Å². The lowest BCUT2D eigenvalue weighted by Crippen LogP contribution is -2.48. The Hall–Kier alpha value is -1.70. The SMILES string of the molecule is CCc1noc([C@H](C)N2CCN(C[C@@H](O)c3ccco3)CC2)n1. The molecule has 0 aromatic carbocycles. The zero-order valence-electron chi connectivity index (χ0n) is 13.7. The molecule has 7 heteroatoms. The third-order valence-electron chi connectivity index (χ3n) is 4.41. The number of hydrogen-bond acceptors (Lipinski definition) is 7. The van der Waals surface area contributed by atoms with Crippen molar-refractivity contribution in [3.05, 3.63) is 35.9 Å². The van der Waals surface area contributed by atoms with Gasteiger partial charge in [0.2, 0.25) is 5.89 Å². The van der Waals surface area contributed by atoms with Crippen LogP contribution in [0.5, 0.6) is 0 Å². The molecule has 126 valence electrons. The average molecular weight is 320 g/mol. The van der Waals surface area contributed by atoms with Gasteiger partial charge in [-0.15, -0.1) is 0 Å². The Kier molecular flexibility index (Phi) is 5.09. The van der Waals surface area contributed by atoms with Gasteiger partial charge in [0.15, 0.2) is 5.82 Å². The molecule has 0 spiro atoms. The van der Waals surface area contributed by atoms with Crippen LogP contribution in [0.4, 0.5) is 0 Å². The Morgan fingerprint density at radius 2 is 2.09 bits per heavy atom. The van der Waals surface area contributed by atoms with E-state index in [9.17, 15) is 5.11 Å². The Morgan fingerprint density at radius 1 is 1.30 bits per heavy atom. The van der Waals surface area contributed by atoms with Gasteiger partial charge in [0, 0.05) is 39.1 Å². The predicted molar refractivity (Wildman–Crippen MR) is 83.8 cm³/mol. The zero-order chi connectivity index (χ0) is 16.2. The first kappa shape index (κ1) is 16.2. The Morgan fingerprint density at radius 3 is 2.70 bits per heavy atom. The normalized spacial score (nSPS) is 19.8. The van der Waals surface area contributed by atoms with Crippen molar-refractivity contribution in [2.75, 3.05) is 32.7 Å². The number of aromatic nitrogens is 2. The highest BCUT2D eigenvalue weighted by molar-refractivity contribution is 5.02. The standard InChI is InChI=1S/C16H24N4O3/c1-3-15-17-16(23-18-15)12(2)20-8-6-19(7-9-20)11-13(21)14-5-4-10-22-14/h4-5,10,12-13,21H,3,6-9,11H2,1-2H3/t12-,13+/m0/s1. The maximum atomic E-state index is 10.2. The minimum atomic E-state index is -0.572. The first-order valence-corrected chi connectivity index (χ1v) is 8.17. The van der Waals surface area contributed by atoms with Crippen molar-refractivity contribution in [2.45, 2.75) is 32.4 Å². The fourth-order valence-electron chi connectivity index (χ4n) is 2.89. The third-order valence-corrected chi connectivity index (χ3v) is 4.41. The van der Waals surface area contributed by atoms with E-state index in [4.69, 9.17) is 8.94 Å². The van der Waals surface area contributed by atoms with Crippen molar-refractivity contribution in [1.29, 1.82) is 0 Å². The van der Waals surface area contributed by atoms with Crippen molar-refractivity contribution in [1.82, 2.24) is 19.9 Å². The van der Waals surface area contributed by atoms with Crippen LogP contribution in [-0.4, -0.2) is 57.8 Å². The Labute approximate surface area is 135 Å². The quantitative estimate of drug-likeness (QED) is 0.866. The monoisotopic (exact) mass is 320 g/mol. The van der Waals surface area contributed by atoms with E-state index in [0.29, 0.717) is 18.2 Å². The third kappa shape index (κ3) is 3.80. The number of rotatable bonds is 6. The Bertz CT molecular complexity index is 590. The molecular weight excluding hydrogens is 296 g/mol. The lowest BCUT2D eigenvalue weighted by atomic mass is 10.2. The highest BCUT2D eigenvalue weighted by Gasteiger charge is 2.26. The van der Waals surface area contributed by atoms with Crippen LogP contribution in [0.2, 0.25) is 0 Å². The number of piperazine rings is 1. The molecule has 0 unspecified atom stereocenters. The minimum Gasteiger partial charge on any atom is -0.467 e. The summed E-state index contributed by atoms with van der Waals surface area (Å²) in [6.45, 7) is 8.33. The summed E-state index contributed by atoms with van der Waals surface area (Å²) in [6.07, 6.45) is 1.80. The first-order valence-electron chi connectivity index (χ1n) is 8.17. The van der Waals surface area contributed by atoms with Gasteiger partial charge in [-0.25, -0.2) is 0 Å². The van der Waals surface area contributed by atoms with Crippen LogP contribution in [0.25, 0.3) is 0 Å². The zero-order valence-corrected chi connectivity index (χ0v) is 13.7. The van der Waals surface area contributed by atoms with Gasteiger partial charge in [0.05, 0.1) is 12.3 Å². The second-order valence-corrected chi connectivity index (χ2v) is 5.95. The molecule has 1 aliphatic heterocycles. The topological polar surface area (TPSA) is 78.8 Å². The summed E-state index contributed by atoms with van der Waals surface area (Å²) in [5.74, 6) is 2.07. The van der Waals surface area contributed by atoms with Crippen molar-refractivity contribution in [2.24, 2.45) is 0 Å². The van der Waals surface area contributed by atoms with Gasteiger partial charge in [-0.05, 0) is 19.1 Å². The molecule has 1 saturated heterocycles. The highest BCUT2D eigenvalue weighted by Crippen LogP contribution is 2.21. The van der Waals surface area contributed by atoms with Crippen LogP contribution in [0.1, 0.15) is 43.5 Å². The molecule has 2 aromatic heterocycles. The van der Waals surface area contributed by atoms with E-state index in [1.807, 2.05) is 13.0 Å². The van der Waals surface area contributed by atoms with Crippen molar-refractivity contribution >= 4 is 0 Å². The van der Waals surface area contributed by atoms with Gasteiger partial charge in [0.1, 0.15) is 11.9 Å². The number of β-amino-alcohol motifs (C(OH)–C–C–N with tert-alkyl or cyclic N) is 1. The molecule has 1 aliphatic rings. The predicted octanol–water partition coefficient (Wildman–Crippen LogP) is 1.64. The van der Waals surface area contributed by atoms with Gasteiger partial charge in [-0.3, -0.25) is 9.80 Å². The summed E-state index contributed by atoms with van der Waals surface area (Å²) in [6, 6.07) is 3.73. The molecule has 1 fully saturated rings. The van der Waals surface area contributed by atoms with Gasteiger partial charge >= 0.3 is 0 Å². The van der Waals surface area contributed by atoms with Crippen LogP contribution < -0.4 is 0 Å². The van der Waals surface area contributed by atoms with E-state index in [1.54, 1.807) is 12.3 Å². The molecule has 0 aliphatic carbocycles. The lowest BCUT2D eigenvalue weighted by molar-refractivity contribution is 0.0452. The Balaban J connectivity index is 1.50. The van der Waals surface area contributed by atoms with Crippen LogP contribution >= 0.6 is 0 Å². The fourth-order valence-corrected chi connectivity index (χ4v) is 2.89. The second kappa shape index (κ2) is 7.25. The number of furan rings is 1. The molecule has 0 bridgehead atoms. The first-order chi connectivity index (χ1) is 11.2. The van der Waals surface area contributed by atoms with Crippen LogP contribution in [0, 0.1) is 0 Å². The highest BCUT2D eigenvalue weighted by atomic mass is 16.5. The molecule has 3 rings (SSSR count). The summed E-state index contributed by atoms with van der Waals surface area (Å²) in [5, 5.41) is 14.1. The number of nitrogens with zero attached hydrogens (tertiary/aromatic N) is 4. The van der Waals surface area contributed by atoms with E-state index < -0.39 is 6.10 Å².